The molecule has 0 amide bonds. The van der Waals surface area contributed by atoms with Crippen LogP contribution in [0.15, 0.2) is 29.4 Å². The van der Waals surface area contributed by atoms with E-state index in [4.69, 9.17) is 18.0 Å². The van der Waals surface area contributed by atoms with Crippen LogP contribution in [0.2, 0.25) is 0 Å². The average molecular weight is 293 g/mol. The minimum absolute atomic E-state index is 0.226. The molecule has 0 aliphatic carbocycles. The van der Waals surface area contributed by atoms with Gasteiger partial charge in [0, 0.05) is 31.4 Å². The number of guanidine groups is 1. The molecule has 0 bridgehead atoms. The van der Waals surface area contributed by atoms with Gasteiger partial charge in [0.05, 0.1) is 0 Å². The molecule has 5 nitrogen and oxygen atoms in total. The summed E-state index contributed by atoms with van der Waals surface area (Å²) in [5.41, 5.74) is 6.54. The maximum absolute atomic E-state index is 5.49. The van der Waals surface area contributed by atoms with E-state index in [0.29, 0.717) is 5.96 Å². The summed E-state index contributed by atoms with van der Waals surface area (Å²) in [6, 6.07) is 5.89. The average Bonchev–Trinajstić information content (AvgIpc) is 2.44. The van der Waals surface area contributed by atoms with Crippen LogP contribution in [0, 0.1) is 0 Å². The molecule has 110 valence electrons. The van der Waals surface area contributed by atoms with Gasteiger partial charge in [0.25, 0.3) is 0 Å². The number of nitrogens with zero attached hydrogens (tertiary/aromatic N) is 2. The third-order valence-corrected chi connectivity index (χ3v) is 2.77. The van der Waals surface area contributed by atoms with Crippen molar-refractivity contribution in [3.8, 4) is 0 Å². The smallest absolute Gasteiger partial charge is 0.197 e. The Morgan fingerprint density at radius 2 is 2.25 bits per heavy atom. The monoisotopic (exact) mass is 293 g/mol. The molecular weight excluding hydrogens is 270 g/mol. The van der Waals surface area contributed by atoms with E-state index in [1.807, 2.05) is 18.2 Å². The summed E-state index contributed by atoms with van der Waals surface area (Å²) in [5.74, 6) is 0.643. The molecule has 0 atom stereocenters. The topological polar surface area (TPSA) is 75.3 Å². The molecule has 0 spiro atoms. The zero-order valence-corrected chi connectivity index (χ0v) is 12.7. The molecule has 0 saturated heterocycles. The predicted octanol–water partition coefficient (Wildman–Crippen LogP) is 1.59. The van der Waals surface area contributed by atoms with Crippen molar-refractivity contribution in [1.82, 2.24) is 15.6 Å². The molecule has 4 N–H and O–H groups in total. The summed E-state index contributed by atoms with van der Waals surface area (Å²) in [7, 11) is 0. The summed E-state index contributed by atoms with van der Waals surface area (Å²) in [4.78, 5) is 8.71. The van der Waals surface area contributed by atoms with Gasteiger partial charge in [0.1, 0.15) is 0 Å². The highest BCUT2D eigenvalue weighted by Crippen LogP contribution is 1.95. The Morgan fingerprint density at radius 3 is 2.90 bits per heavy atom. The normalized spacial score (nSPS) is 11.2. The van der Waals surface area contributed by atoms with Crippen molar-refractivity contribution in [3.05, 3.63) is 30.1 Å². The van der Waals surface area contributed by atoms with Crippen LogP contribution in [0.3, 0.4) is 0 Å². The number of nitrogens with one attached hydrogen (secondary N) is 2. The van der Waals surface area contributed by atoms with Crippen LogP contribution in [-0.4, -0.2) is 29.1 Å². The third kappa shape index (κ3) is 7.68. The zero-order valence-electron chi connectivity index (χ0n) is 11.9. The van der Waals surface area contributed by atoms with Gasteiger partial charge >= 0.3 is 0 Å². The quantitative estimate of drug-likeness (QED) is 0.308. The van der Waals surface area contributed by atoms with Gasteiger partial charge in [-0.3, -0.25) is 9.98 Å². The lowest BCUT2D eigenvalue weighted by Crippen LogP contribution is -2.44. The molecule has 0 aliphatic rings. The largest absolute Gasteiger partial charge is 0.376 e. The third-order valence-electron chi connectivity index (χ3n) is 2.67. The zero-order chi connectivity index (χ0) is 14.6. The van der Waals surface area contributed by atoms with Crippen molar-refractivity contribution in [2.75, 3.05) is 13.1 Å². The SMILES string of the molecule is CCCCCN=C(NCCc1ccccn1)NC(N)=S. The number of aromatic nitrogens is 1. The Morgan fingerprint density at radius 1 is 1.40 bits per heavy atom. The minimum Gasteiger partial charge on any atom is -0.376 e. The highest BCUT2D eigenvalue weighted by molar-refractivity contribution is 7.80. The first-order valence-corrected chi connectivity index (χ1v) is 7.38. The first-order chi connectivity index (χ1) is 9.72. The van der Waals surface area contributed by atoms with Crippen molar-refractivity contribution in [2.24, 2.45) is 10.7 Å². The van der Waals surface area contributed by atoms with Gasteiger partial charge in [-0.2, -0.15) is 0 Å². The summed E-state index contributed by atoms with van der Waals surface area (Å²) >= 11 is 4.85. The molecule has 0 aliphatic heterocycles. The molecule has 1 aromatic rings. The van der Waals surface area contributed by atoms with Gasteiger partial charge in [-0.05, 0) is 30.8 Å². The van der Waals surface area contributed by atoms with E-state index in [-0.39, 0.29) is 5.11 Å². The molecule has 0 unspecified atom stereocenters. The Balaban J connectivity index is 2.37. The highest BCUT2D eigenvalue weighted by atomic mass is 32.1. The van der Waals surface area contributed by atoms with Crippen LogP contribution in [-0.2, 0) is 6.42 Å². The maximum atomic E-state index is 5.49. The van der Waals surface area contributed by atoms with Crippen LogP contribution in [0.25, 0.3) is 0 Å². The van der Waals surface area contributed by atoms with Crippen molar-refractivity contribution >= 4 is 23.3 Å². The van der Waals surface area contributed by atoms with Gasteiger partial charge in [0.15, 0.2) is 11.1 Å². The van der Waals surface area contributed by atoms with Crippen LogP contribution in [0.5, 0.6) is 0 Å². The first-order valence-electron chi connectivity index (χ1n) is 6.97. The van der Waals surface area contributed by atoms with Crippen LogP contribution in [0.4, 0.5) is 0 Å². The second-order valence-corrected chi connectivity index (χ2v) is 4.86. The van der Waals surface area contributed by atoms with Gasteiger partial charge in [-0.25, -0.2) is 0 Å². The first kappa shape index (κ1) is 16.4. The van der Waals surface area contributed by atoms with E-state index >= 15 is 0 Å². The lowest BCUT2D eigenvalue weighted by atomic mass is 10.2. The van der Waals surface area contributed by atoms with Gasteiger partial charge in [-0.1, -0.05) is 25.8 Å². The molecule has 1 heterocycles. The molecular formula is C14H23N5S. The molecule has 20 heavy (non-hydrogen) atoms. The Bertz CT molecular complexity index is 419. The van der Waals surface area contributed by atoms with Crippen molar-refractivity contribution in [1.29, 1.82) is 0 Å². The van der Waals surface area contributed by atoms with Gasteiger partial charge in [-0.15, -0.1) is 0 Å². The van der Waals surface area contributed by atoms with Crippen LogP contribution >= 0.6 is 12.2 Å². The number of rotatable bonds is 7. The number of thiocarbonyl (C=S) groups is 1. The van der Waals surface area contributed by atoms with E-state index in [1.165, 1.54) is 12.8 Å². The van der Waals surface area contributed by atoms with Crippen LogP contribution < -0.4 is 16.4 Å². The summed E-state index contributed by atoms with van der Waals surface area (Å²) in [6.07, 6.45) is 6.05. The summed E-state index contributed by atoms with van der Waals surface area (Å²) in [6.45, 7) is 3.68. The number of hydrogen-bond acceptors (Lipinski definition) is 3. The van der Waals surface area contributed by atoms with Crippen molar-refractivity contribution in [3.63, 3.8) is 0 Å². The Labute approximate surface area is 126 Å². The molecule has 0 aromatic carbocycles. The molecule has 1 rings (SSSR count). The van der Waals surface area contributed by atoms with E-state index in [0.717, 1.165) is 31.6 Å². The fraction of sp³-hybridized carbons (Fsp3) is 0.500. The molecule has 0 saturated carbocycles. The molecule has 6 heteroatoms. The van der Waals surface area contributed by atoms with E-state index in [2.05, 4.69) is 27.5 Å². The summed E-state index contributed by atoms with van der Waals surface area (Å²) in [5, 5.41) is 6.31. The fourth-order valence-electron chi connectivity index (χ4n) is 1.66. The molecule has 1 aromatic heterocycles. The van der Waals surface area contributed by atoms with E-state index in [9.17, 15) is 0 Å². The maximum Gasteiger partial charge on any atom is 0.197 e. The van der Waals surface area contributed by atoms with Gasteiger partial charge in [0.2, 0.25) is 0 Å². The standard InChI is InChI=1S/C14H23N5S/c1-2-3-5-10-17-14(19-13(15)20)18-11-8-12-7-4-6-9-16-12/h4,6-7,9H,2-3,5,8,10-11H2,1H3,(H4,15,17,18,19,20). The Kier molecular flexibility index (Phi) is 8.30. The molecule has 0 fully saturated rings. The fourth-order valence-corrected chi connectivity index (χ4v) is 1.76. The second-order valence-electron chi connectivity index (χ2n) is 4.42. The number of hydrogen-bond donors (Lipinski definition) is 3. The lowest BCUT2D eigenvalue weighted by Gasteiger charge is -2.11. The van der Waals surface area contributed by atoms with Gasteiger partial charge < -0.3 is 16.4 Å². The van der Waals surface area contributed by atoms with E-state index in [1.54, 1.807) is 6.20 Å². The van der Waals surface area contributed by atoms with Crippen molar-refractivity contribution in [2.45, 2.75) is 32.6 Å². The highest BCUT2D eigenvalue weighted by Gasteiger charge is 2.00. The minimum atomic E-state index is 0.226. The number of aliphatic imine (C=N–C) groups is 1. The number of unbranched alkanes of at least 4 members (excludes halogenated alkanes) is 2. The summed E-state index contributed by atoms with van der Waals surface area (Å²) < 4.78 is 0. The van der Waals surface area contributed by atoms with E-state index < -0.39 is 0 Å². The van der Waals surface area contributed by atoms with Crippen LogP contribution in [0.1, 0.15) is 31.9 Å². The predicted molar refractivity (Wildman–Crippen MR) is 87.7 cm³/mol. The van der Waals surface area contributed by atoms with Crippen molar-refractivity contribution < 1.29 is 0 Å². The Hall–Kier alpha value is -1.69. The number of pyridine rings is 1. The number of nitrogens with two attached hydrogens (primary N) is 1. The molecule has 0 radical (unpaired) electrons. The lowest BCUT2D eigenvalue weighted by molar-refractivity contribution is 0.721. The second kappa shape index (κ2) is 10.1.